The van der Waals surface area contributed by atoms with E-state index < -0.39 is 29.1 Å². The quantitative estimate of drug-likeness (QED) is 0.326. The number of hydrogen-bond acceptors (Lipinski definition) is 7. The number of anilines is 2. The molecule has 8 nitrogen and oxygen atoms in total. The summed E-state index contributed by atoms with van der Waals surface area (Å²) in [5, 5.41) is 25.0. The van der Waals surface area contributed by atoms with Crippen LogP contribution in [0.3, 0.4) is 0 Å². The molecule has 2 aromatic heterocycles. The number of likely N-dealkylation sites (tertiary alicyclic amines) is 1. The van der Waals surface area contributed by atoms with Crippen LogP contribution in [-0.2, 0) is 11.8 Å². The van der Waals surface area contributed by atoms with Crippen LogP contribution in [0.25, 0.3) is 10.4 Å². The highest BCUT2D eigenvalue weighted by Crippen LogP contribution is 2.42. The SMILES string of the molecule is Cc1cc(Nc2nccc(C(F)(F)F)n2)cc(-c2cnc([C@@]3(O)CCC[N+](C(=O)O)(C(C)(C)C)CC3)s2)c1. The van der Waals surface area contributed by atoms with Crippen LogP contribution >= 0.6 is 11.3 Å². The second kappa shape index (κ2) is 9.90. The molecule has 3 aromatic rings. The summed E-state index contributed by atoms with van der Waals surface area (Å²) in [7, 11) is 0. The first-order valence-electron chi connectivity index (χ1n) is 12.2. The van der Waals surface area contributed by atoms with Gasteiger partial charge in [0, 0.05) is 30.9 Å². The summed E-state index contributed by atoms with van der Waals surface area (Å²) in [4.78, 5) is 25.0. The molecule has 0 bridgehead atoms. The molecule has 1 aliphatic rings. The third-order valence-electron chi connectivity index (χ3n) is 7.16. The zero-order valence-electron chi connectivity index (χ0n) is 21.6. The monoisotopic (exact) mass is 550 g/mol. The molecule has 3 heterocycles. The lowest BCUT2D eigenvalue weighted by molar-refractivity contribution is -0.903. The Hall–Kier alpha value is -3.09. The molecule has 4 rings (SSSR count). The molecule has 12 heteroatoms. The zero-order chi connectivity index (χ0) is 27.9. The average molecular weight is 551 g/mol. The minimum Gasteiger partial charge on any atom is -0.435 e. The maximum absolute atomic E-state index is 13.0. The number of carboxylic acid groups (broad SMARTS) is 1. The number of alkyl halides is 3. The highest BCUT2D eigenvalue weighted by atomic mass is 32.1. The summed E-state index contributed by atoms with van der Waals surface area (Å²) in [6.45, 7) is 8.27. The fourth-order valence-corrected chi connectivity index (χ4v) is 5.99. The molecular weight excluding hydrogens is 519 g/mol. The van der Waals surface area contributed by atoms with Crippen molar-refractivity contribution in [3.63, 3.8) is 0 Å². The highest BCUT2D eigenvalue weighted by molar-refractivity contribution is 7.15. The van der Waals surface area contributed by atoms with E-state index in [-0.39, 0.29) is 23.4 Å². The van der Waals surface area contributed by atoms with Gasteiger partial charge < -0.3 is 15.5 Å². The minimum atomic E-state index is -4.58. The Labute approximate surface area is 222 Å². The summed E-state index contributed by atoms with van der Waals surface area (Å²) in [6.07, 6.45) is -1.57. The van der Waals surface area contributed by atoms with E-state index in [1.807, 2.05) is 33.8 Å². The number of halogens is 3. The Bertz CT molecular complexity index is 1340. The minimum absolute atomic E-state index is 0.127. The predicted molar refractivity (Wildman–Crippen MR) is 138 cm³/mol. The lowest BCUT2D eigenvalue weighted by Gasteiger charge is -2.43. The molecule has 204 valence electrons. The molecule has 0 aliphatic carbocycles. The Morgan fingerprint density at radius 3 is 2.53 bits per heavy atom. The average Bonchev–Trinajstić information content (AvgIpc) is 3.23. The number of carbonyl (C=O) groups is 1. The number of benzene rings is 1. The van der Waals surface area contributed by atoms with Gasteiger partial charge in [-0.15, -0.1) is 11.3 Å². The van der Waals surface area contributed by atoms with Crippen molar-refractivity contribution < 1.29 is 32.7 Å². The first kappa shape index (κ1) is 27.9. The van der Waals surface area contributed by atoms with Crippen molar-refractivity contribution in [3.05, 3.63) is 52.9 Å². The van der Waals surface area contributed by atoms with Gasteiger partial charge in [0.2, 0.25) is 5.95 Å². The van der Waals surface area contributed by atoms with Gasteiger partial charge in [-0.1, -0.05) is 6.07 Å². The number of amides is 1. The van der Waals surface area contributed by atoms with Gasteiger partial charge in [0.25, 0.3) is 0 Å². The van der Waals surface area contributed by atoms with Crippen molar-refractivity contribution in [1.82, 2.24) is 15.0 Å². The third-order valence-corrected chi connectivity index (χ3v) is 8.40. The second-order valence-electron chi connectivity index (χ2n) is 10.8. The number of quaternary nitrogens is 1. The number of nitrogens with zero attached hydrogens (tertiary/aromatic N) is 4. The van der Waals surface area contributed by atoms with E-state index in [1.54, 1.807) is 18.3 Å². The van der Waals surface area contributed by atoms with Crippen molar-refractivity contribution in [2.24, 2.45) is 0 Å². The molecule has 1 aromatic carbocycles. The van der Waals surface area contributed by atoms with Gasteiger partial charge >= 0.3 is 12.3 Å². The van der Waals surface area contributed by atoms with Crippen LogP contribution in [0, 0.1) is 6.92 Å². The standard InChI is InChI=1S/C26H30F3N5O3S/c1-16-12-17(14-18(13-16)32-22-30-9-6-20(33-22)26(27,28)29)19-15-31-21(38-19)25(37)7-5-10-34(11-8-25,23(35)36)24(2,3)4/h6,9,12-15,37H,5,7-8,10-11H2,1-4H3,(H-,30,32,33,35,36)/p+1/t25-,34?/m1/s1. The van der Waals surface area contributed by atoms with Gasteiger partial charge in [-0.3, -0.25) is 0 Å². The molecule has 0 spiro atoms. The molecule has 1 amide bonds. The van der Waals surface area contributed by atoms with E-state index >= 15 is 0 Å². The molecule has 38 heavy (non-hydrogen) atoms. The topological polar surface area (TPSA) is 108 Å². The Balaban J connectivity index is 1.59. The maximum Gasteiger partial charge on any atom is 0.513 e. The van der Waals surface area contributed by atoms with Gasteiger partial charge in [-0.2, -0.15) is 18.0 Å². The number of aromatic nitrogens is 3. The first-order chi connectivity index (χ1) is 17.6. The van der Waals surface area contributed by atoms with E-state index in [4.69, 9.17) is 0 Å². The summed E-state index contributed by atoms with van der Waals surface area (Å²) in [5.74, 6) is -0.173. The Morgan fingerprint density at radius 1 is 1.13 bits per heavy atom. The smallest absolute Gasteiger partial charge is 0.435 e. The van der Waals surface area contributed by atoms with Gasteiger partial charge in [0.1, 0.15) is 21.8 Å². The van der Waals surface area contributed by atoms with E-state index in [2.05, 4.69) is 20.3 Å². The van der Waals surface area contributed by atoms with Crippen molar-refractivity contribution in [1.29, 1.82) is 0 Å². The number of nitrogens with one attached hydrogen (secondary N) is 1. The molecule has 1 saturated heterocycles. The molecule has 3 N–H and O–H groups in total. The number of aryl methyl sites for hydroxylation is 1. The fraction of sp³-hybridized carbons (Fsp3) is 0.462. The van der Waals surface area contributed by atoms with Crippen molar-refractivity contribution in [2.75, 3.05) is 18.4 Å². The van der Waals surface area contributed by atoms with Gasteiger partial charge in [-0.25, -0.2) is 19.4 Å². The Morgan fingerprint density at radius 2 is 1.87 bits per heavy atom. The number of rotatable bonds is 4. The van der Waals surface area contributed by atoms with Crippen LogP contribution in [-0.4, -0.2) is 54.4 Å². The van der Waals surface area contributed by atoms with Crippen LogP contribution in [0.15, 0.2) is 36.7 Å². The zero-order valence-corrected chi connectivity index (χ0v) is 22.4. The second-order valence-corrected chi connectivity index (χ2v) is 11.8. The maximum atomic E-state index is 13.0. The third kappa shape index (κ3) is 5.52. The van der Waals surface area contributed by atoms with Crippen LogP contribution < -0.4 is 5.32 Å². The Kier molecular flexibility index (Phi) is 7.28. The lowest BCUT2D eigenvalue weighted by Crippen LogP contribution is -2.63. The fourth-order valence-electron chi connectivity index (χ4n) is 4.94. The molecule has 0 saturated carbocycles. The predicted octanol–water partition coefficient (Wildman–Crippen LogP) is 6.34. The summed E-state index contributed by atoms with van der Waals surface area (Å²) < 4.78 is 39.0. The van der Waals surface area contributed by atoms with Gasteiger partial charge in [-0.05, 0) is 63.4 Å². The highest BCUT2D eigenvalue weighted by Gasteiger charge is 2.51. The summed E-state index contributed by atoms with van der Waals surface area (Å²) >= 11 is 1.32. The van der Waals surface area contributed by atoms with Crippen molar-refractivity contribution in [3.8, 4) is 10.4 Å². The van der Waals surface area contributed by atoms with Gasteiger partial charge in [0.05, 0.1) is 18.0 Å². The number of hydrogen-bond donors (Lipinski definition) is 3. The number of aliphatic hydroxyl groups is 1. The largest absolute Gasteiger partial charge is 0.513 e. The van der Waals surface area contributed by atoms with Crippen molar-refractivity contribution in [2.45, 2.75) is 64.3 Å². The molecule has 0 radical (unpaired) electrons. The molecule has 2 atom stereocenters. The first-order valence-corrected chi connectivity index (χ1v) is 13.0. The molecule has 1 fully saturated rings. The summed E-state index contributed by atoms with van der Waals surface area (Å²) in [6, 6.07) is 6.25. The molecular formula is C26H31F3N5O3S+. The number of thiazole rings is 1. The van der Waals surface area contributed by atoms with Crippen molar-refractivity contribution >= 4 is 29.1 Å². The van der Waals surface area contributed by atoms with Gasteiger partial charge in [0.15, 0.2) is 0 Å². The molecule has 1 unspecified atom stereocenters. The summed E-state index contributed by atoms with van der Waals surface area (Å²) in [5.41, 5.74) is -0.681. The molecule has 1 aliphatic heterocycles. The van der Waals surface area contributed by atoms with Crippen LogP contribution in [0.1, 0.15) is 56.3 Å². The van der Waals surface area contributed by atoms with Crippen LogP contribution in [0.4, 0.5) is 29.6 Å². The normalized spacial score (nSPS) is 22.6. The lowest BCUT2D eigenvalue weighted by atomic mass is 9.95. The van der Waals surface area contributed by atoms with Crippen LogP contribution in [0.2, 0.25) is 0 Å². The van der Waals surface area contributed by atoms with E-state index in [1.165, 1.54) is 11.3 Å². The van der Waals surface area contributed by atoms with E-state index in [9.17, 15) is 28.2 Å². The van der Waals surface area contributed by atoms with E-state index in [0.717, 1.165) is 28.3 Å². The van der Waals surface area contributed by atoms with E-state index in [0.29, 0.717) is 30.1 Å². The van der Waals surface area contributed by atoms with Crippen LogP contribution in [0.5, 0.6) is 0 Å².